The summed E-state index contributed by atoms with van der Waals surface area (Å²) in [6.45, 7) is 8.47. The first-order valence-electron chi connectivity index (χ1n) is 10.8. The van der Waals surface area contributed by atoms with Gasteiger partial charge in [0.25, 0.3) is 0 Å². The maximum atomic E-state index is 13.2. The highest BCUT2D eigenvalue weighted by atomic mass is 16.2. The third-order valence-corrected chi connectivity index (χ3v) is 6.19. The molecule has 0 aromatic heterocycles. The Labute approximate surface area is 168 Å². The maximum absolute atomic E-state index is 13.2. The summed E-state index contributed by atoms with van der Waals surface area (Å²) in [5.41, 5.74) is 0.815. The van der Waals surface area contributed by atoms with E-state index in [1.807, 2.05) is 40.1 Å². The van der Waals surface area contributed by atoms with Gasteiger partial charge in [0, 0.05) is 45.0 Å². The van der Waals surface area contributed by atoms with Gasteiger partial charge in [0.15, 0.2) is 0 Å². The zero-order valence-electron chi connectivity index (χ0n) is 17.3. The van der Waals surface area contributed by atoms with Crippen LogP contribution in [0.15, 0.2) is 30.3 Å². The third-order valence-electron chi connectivity index (χ3n) is 6.19. The van der Waals surface area contributed by atoms with E-state index in [-0.39, 0.29) is 18.0 Å². The molecule has 6 heteroatoms. The maximum Gasteiger partial charge on any atom is 0.321 e. The molecule has 0 radical (unpaired) electrons. The van der Waals surface area contributed by atoms with Crippen LogP contribution in [0.3, 0.4) is 0 Å². The summed E-state index contributed by atoms with van der Waals surface area (Å²) in [5.74, 6) is 0.733. The van der Waals surface area contributed by atoms with Gasteiger partial charge >= 0.3 is 6.03 Å². The Hall–Kier alpha value is -2.08. The Bertz CT molecular complexity index is 633. The summed E-state index contributed by atoms with van der Waals surface area (Å²) in [5, 5.41) is 2.96. The Balaban J connectivity index is 1.61. The van der Waals surface area contributed by atoms with E-state index >= 15 is 0 Å². The minimum Gasteiger partial charge on any atom is -0.342 e. The number of amides is 3. The van der Waals surface area contributed by atoms with Gasteiger partial charge in [0.2, 0.25) is 5.91 Å². The lowest BCUT2D eigenvalue weighted by Crippen LogP contribution is -2.58. The van der Waals surface area contributed by atoms with E-state index in [2.05, 4.69) is 24.1 Å². The second-order valence-corrected chi connectivity index (χ2v) is 7.82. The summed E-state index contributed by atoms with van der Waals surface area (Å²) in [6, 6.07) is 9.47. The first-order chi connectivity index (χ1) is 13.6. The highest BCUT2D eigenvalue weighted by Gasteiger charge is 2.38. The molecule has 1 aliphatic carbocycles. The molecule has 1 N–H and O–H groups in total. The molecule has 2 fully saturated rings. The van der Waals surface area contributed by atoms with Crippen LogP contribution in [0.25, 0.3) is 0 Å². The summed E-state index contributed by atoms with van der Waals surface area (Å²) in [7, 11) is 0. The number of nitrogens with zero attached hydrogens (tertiary/aromatic N) is 3. The molecular formula is C22H34N4O2. The summed E-state index contributed by atoms with van der Waals surface area (Å²) in [6.07, 6.45) is 4.75. The van der Waals surface area contributed by atoms with Crippen LogP contribution in [0.1, 0.15) is 39.5 Å². The summed E-state index contributed by atoms with van der Waals surface area (Å²) in [4.78, 5) is 32.0. The number of para-hydroxylation sites is 1. The van der Waals surface area contributed by atoms with Crippen molar-refractivity contribution in [1.82, 2.24) is 14.7 Å². The molecule has 28 heavy (non-hydrogen) atoms. The second-order valence-electron chi connectivity index (χ2n) is 7.82. The van der Waals surface area contributed by atoms with E-state index in [9.17, 15) is 9.59 Å². The van der Waals surface area contributed by atoms with Crippen LogP contribution in [0.5, 0.6) is 0 Å². The van der Waals surface area contributed by atoms with Crippen LogP contribution < -0.4 is 5.32 Å². The van der Waals surface area contributed by atoms with E-state index < -0.39 is 0 Å². The van der Waals surface area contributed by atoms with Crippen molar-refractivity contribution in [3.05, 3.63) is 30.3 Å². The lowest BCUT2D eigenvalue weighted by molar-refractivity contribution is -0.139. The molecule has 1 heterocycles. The van der Waals surface area contributed by atoms with Crippen LogP contribution in [0.4, 0.5) is 10.5 Å². The van der Waals surface area contributed by atoms with Gasteiger partial charge in [-0.2, -0.15) is 0 Å². The van der Waals surface area contributed by atoms with Crippen LogP contribution in [0.2, 0.25) is 0 Å². The minimum absolute atomic E-state index is 0.0262. The number of carbonyl (C=O) groups is 2. The van der Waals surface area contributed by atoms with Crippen LogP contribution in [-0.4, -0.2) is 71.9 Å². The Morgan fingerprint density at radius 2 is 1.64 bits per heavy atom. The van der Waals surface area contributed by atoms with Gasteiger partial charge in [-0.15, -0.1) is 0 Å². The van der Waals surface area contributed by atoms with E-state index in [0.717, 1.165) is 44.7 Å². The van der Waals surface area contributed by atoms with Crippen molar-refractivity contribution in [1.29, 1.82) is 0 Å². The van der Waals surface area contributed by atoms with Crippen LogP contribution in [0, 0.1) is 5.92 Å². The average molecular weight is 387 g/mol. The topological polar surface area (TPSA) is 55.9 Å². The zero-order chi connectivity index (χ0) is 19.9. The minimum atomic E-state index is -0.0571. The number of hydrogen-bond acceptors (Lipinski definition) is 3. The predicted molar refractivity (Wildman–Crippen MR) is 112 cm³/mol. The molecule has 1 aliphatic heterocycles. The molecule has 0 bridgehead atoms. The predicted octanol–water partition coefficient (Wildman–Crippen LogP) is 3.26. The first-order valence-corrected chi connectivity index (χ1v) is 10.8. The molecule has 1 aromatic carbocycles. The number of urea groups is 1. The lowest BCUT2D eigenvalue weighted by atomic mass is 9.94. The fourth-order valence-electron chi connectivity index (χ4n) is 4.58. The molecule has 1 saturated heterocycles. The Morgan fingerprint density at radius 1 is 1.04 bits per heavy atom. The second kappa shape index (κ2) is 9.92. The number of piperazine rings is 1. The molecule has 6 nitrogen and oxygen atoms in total. The van der Waals surface area contributed by atoms with Crippen LogP contribution in [-0.2, 0) is 4.79 Å². The molecule has 3 amide bonds. The molecule has 3 rings (SSSR count). The van der Waals surface area contributed by atoms with E-state index in [1.165, 1.54) is 12.8 Å². The van der Waals surface area contributed by atoms with Gasteiger partial charge < -0.3 is 15.1 Å². The zero-order valence-corrected chi connectivity index (χ0v) is 17.3. The molecule has 1 atom stereocenters. The fourth-order valence-corrected chi connectivity index (χ4v) is 4.58. The number of carbonyl (C=O) groups excluding carboxylic acids is 2. The van der Waals surface area contributed by atoms with E-state index in [0.29, 0.717) is 19.0 Å². The smallest absolute Gasteiger partial charge is 0.321 e. The average Bonchev–Trinajstić information content (AvgIpc) is 3.24. The SMILES string of the molecule is CCN(CC)C(=O)[C@H](C1CCCC1)N1CCN(C(=O)Nc2ccccc2)CC1. The highest BCUT2D eigenvalue weighted by molar-refractivity contribution is 5.89. The number of hydrogen-bond donors (Lipinski definition) is 1. The van der Waals surface area contributed by atoms with Gasteiger partial charge in [0.1, 0.15) is 0 Å². The summed E-state index contributed by atoms with van der Waals surface area (Å²) >= 11 is 0. The molecule has 2 aliphatic rings. The van der Waals surface area contributed by atoms with Gasteiger partial charge in [-0.3, -0.25) is 9.69 Å². The lowest BCUT2D eigenvalue weighted by Gasteiger charge is -2.42. The molecule has 0 unspecified atom stereocenters. The number of rotatable bonds is 6. The fraction of sp³-hybridized carbons (Fsp3) is 0.636. The third kappa shape index (κ3) is 4.85. The first kappa shape index (κ1) is 20.6. The van der Waals surface area contributed by atoms with Crippen molar-refractivity contribution in [2.75, 3.05) is 44.6 Å². The largest absolute Gasteiger partial charge is 0.342 e. The standard InChI is InChI=1S/C22H34N4O2/c1-3-24(4-2)21(27)20(18-10-8-9-11-18)25-14-16-26(17-15-25)22(28)23-19-12-6-5-7-13-19/h5-7,12-13,18,20H,3-4,8-11,14-17H2,1-2H3,(H,23,28)/t20-/m0/s1. The highest BCUT2D eigenvalue weighted by Crippen LogP contribution is 2.32. The van der Waals surface area contributed by atoms with Crippen molar-refractivity contribution in [3.63, 3.8) is 0 Å². The molecule has 0 spiro atoms. The number of nitrogens with one attached hydrogen (secondary N) is 1. The van der Waals surface area contributed by atoms with Crippen molar-refractivity contribution in [3.8, 4) is 0 Å². The van der Waals surface area contributed by atoms with Crippen molar-refractivity contribution in [2.45, 2.75) is 45.6 Å². The molecule has 1 saturated carbocycles. The summed E-state index contributed by atoms with van der Waals surface area (Å²) < 4.78 is 0. The molecular weight excluding hydrogens is 352 g/mol. The van der Waals surface area contributed by atoms with Crippen LogP contribution >= 0.6 is 0 Å². The van der Waals surface area contributed by atoms with E-state index in [1.54, 1.807) is 0 Å². The molecule has 154 valence electrons. The van der Waals surface area contributed by atoms with Crippen molar-refractivity contribution >= 4 is 17.6 Å². The number of benzene rings is 1. The van der Waals surface area contributed by atoms with Crippen molar-refractivity contribution < 1.29 is 9.59 Å². The number of likely N-dealkylation sites (N-methyl/N-ethyl adjacent to an activating group) is 1. The number of anilines is 1. The van der Waals surface area contributed by atoms with Gasteiger partial charge in [-0.05, 0) is 44.7 Å². The van der Waals surface area contributed by atoms with Crippen molar-refractivity contribution in [2.24, 2.45) is 5.92 Å². The Kier molecular flexibility index (Phi) is 7.31. The molecule has 1 aromatic rings. The van der Waals surface area contributed by atoms with E-state index in [4.69, 9.17) is 0 Å². The quantitative estimate of drug-likeness (QED) is 0.816. The monoisotopic (exact) mass is 386 g/mol. The van der Waals surface area contributed by atoms with Gasteiger partial charge in [0.05, 0.1) is 6.04 Å². The van der Waals surface area contributed by atoms with Gasteiger partial charge in [-0.1, -0.05) is 31.0 Å². The normalized spacial score (nSPS) is 19.4. The Morgan fingerprint density at radius 3 is 2.21 bits per heavy atom. The van der Waals surface area contributed by atoms with Gasteiger partial charge in [-0.25, -0.2) is 4.79 Å².